The number of nitrogens with zero attached hydrogens (tertiary/aromatic N) is 2. The molecule has 1 aromatic heterocycles. The van der Waals surface area contributed by atoms with E-state index in [1.54, 1.807) is 0 Å². The monoisotopic (exact) mass is 285 g/mol. The topological polar surface area (TPSA) is 67.3 Å². The molecule has 0 aromatic carbocycles. The minimum Gasteiger partial charge on any atom is -0.490 e. The Morgan fingerprint density at radius 1 is 1.32 bits per heavy atom. The van der Waals surface area contributed by atoms with Crippen LogP contribution in [0, 0.1) is 0 Å². The number of aliphatic hydroxyl groups is 1. The summed E-state index contributed by atoms with van der Waals surface area (Å²) in [5, 5.41) is 14.0. The molecule has 0 unspecified atom stereocenters. The molecular weight excluding hydrogens is 266 g/mol. The van der Waals surface area contributed by atoms with Gasteiger partial charge in [0.05, 0.1) is 12.7 Å². The molecule has 5 nitrogen and oxygen atoms in total. The molecule has 0 atom stereocenters. The average molecular weight is 286 g/mol. The molecule has 0 radical (unpaired) electrons. The Morgan fingerprint density at radius 2 is 2.00 bits per heavy atom. The molecule has 1 fully saturated rings. The summed E-state index contributed by atoms with van der Waals surface area (Å²) in [6.07, 6.45) is 7.56. The Bertz CT molecular complexity index is 420. The fourth-order valence-electron chi connectivity index (χ4n) is 2.47. The SMILES string of the molecule is COc1c(Cl)ncnc1NCC1(O)CCCCCC1. The number of methoxy groups -OCH3 is 1. The molecular formula is C13H20ClN3O2. The van der Waals surface area contributed by atoms with Gasteiger partial charge < -0.3 is 15.2 Å². The van der Waals surface area contributed by atoms with E-state index in [4.69, 9.17) is 16.3 Å². The molecule has 0 aliphatic heterocycles. The van der Waals surface area contributed by atoms with Gasteiger partial charge in [-0.15, -0.1) is 0 Å². The van der Waals surface area contributed by atoms with Crippen LogP contribution in [0.2, 0.25) is 5.15 Å². The summed E-state index contributed by atoms with van der Waals surface area (Å²) in [6, 6.07) is 0. The van der Waals surface area contributed by atoms with Crippen molar-refractivity contribution < 1.29 is 9.84 Å². The predicted molar refractivity (Wildman–Crippen MR) is 74.7 cm³/mol. The van der Waals surface area contributed by atoms with Gasteiger partial charge in [0, 0.05) is 6.54 Å². The first-order valence-electron chi connectivity index (χ1n) is 6.65. The lowest BCUT2D eigenvalue weighted by atomic mass is 9.94. The summed E-state index contributed by atoms with van der Waals surface area (Å²) in [5.41, 5.74) is -0.668. The molecule has 2 rings (SSSR count). The molecule has 0 spiro atoms. The van der Waals surface area contributed by atoms with Gasteiger partial charge in [0.1, 0.15) is 6.33 Å². The summed E-state index contributed by atoms with van der Waals surface area (Å²) >= 11 is 5.93. The van der Waals surface area contributed by atoms with Crippen LogP contribution >= 0.6 is 11.6 Å². The molecule has 1 aromatic rings. The molecule has 19 heavy (non-hydrogen) atoms. The normalized spacial score (nSPS) is 18.7. The number of hydrogen-bond acceptors (Lipinski definition) is 5. The van der Waals surface area contributed by atoms with Crippen molar-refractivity contribution in [1.29, 1.82) is 0 Å². The Kier molecular flexibility index (Phi) is 4.82. The highest BCUT2D eigenvalue weighted by molar-refractivity contribution is 6.31. The Balaban J connectivity index is 2.03. The summed E-state index contributed by atoms with van der Waals surface area (Å²) in [4.78, 5) is 7.97. The van der Waals surface area contributed by atoms with Crippen molar-refractivity contribution in [2.75, 3.05) is 19.0 Å². The molecule has 2 N–H and O–H groups in total. The van der Waals surface area contributed by atoms with Gasteiger partial charge >= 0.3 is 0 Å². The molecule has 0 bridgehead atoms. The van der Waals surface area contributed by atoms with Crippen LogP contribution in [0.4, 0.5) is 5.82 Å². The van der Waals surface area contributed by atoms with Crippen molar-refractivity contribution in [3.63, 3.8) is 0 Å². The van der Waals surface area contributed by atoms with Crippen LogP contribution < -0.4 is 10.1 Å². The van der Waals surface area contributed by atoms with Gasteiger partial charge in [-0.3, -0.25) is 0 Å². The summed E-state index contributed by atoms with van der Waals surface area (Å²) < 4.78 is 5.17. The van der Waals surface area contributed by atoms with Crippen molar-refractivity contribution in [1.82, 2.24) is 9.97 Å². The smallest absolute Gasteiger partial charge is 0.198 e. The maximum Gasteiger partial charge on any atom is 0.198 e. The van der Waals surface area contributed by atoms with Gasteiger partial charge in [-0.25, -0.2) is 9.97 Å². The number of halogens is 1. The Labute approximate surface area is 118 Å². The van der Waals surface area contributed by atoms with Crippen LogP contribution in [-0.4, -0.2) is 34.3 Å². The van der Waals surface area contributed by atoms with Gasteiger partial charge in [-0.05, 0) is 12.8 Å². The van der Waals surface area contributed by atoms with Gasteiger partial charge in [-0.1, -0.05) is 37.3 Å². The molecule has 0 amide bonds. The molecule has 6 heteroatoms. The maximum absolute atomic E-state index is 10.6. The third-order valence-electron chi connectivity index (χ3n) is 3.58. The Morgan fingerprint density at radius 3 is 2.63 bits per heavy atom. The van der Waals surface area contributed by atoms with E-state index < -0.39 is 5.60 Å². The lowest BCUT2D eigenvalue weighted by Gasteiger charge is -2.27. The lowest BCUT2D eigenvalue weighted by Crippen LogP contribution is -2.36. The lowest BCUT2D eigenvalue weighted by molar-refractivity contribution is 0.0380. The van der Waals surface area contributed by atoms with Crippen LogP contribution in [0.5, 0.6) is 5.75 Å². The fourth-order valence-corrected chi connectivity index (χ4v) is 2.68. The molecule has 1 saturated carbocycles. The minimum absolute atomic E-state index is 0.271. The van der Waals surface area contributed by atoms with Crippen molar-refractivity contribution in [3.05, 3.63) is 11.5 Å². The van der Waals surface area contributed by atoms with Gasteiger partial charge in [0.2, 0.25) is 0 Å². The van der Waals surface area contributed by atoms with Crippen molar-refractivity contribution in [2.45, 2.75) is 44.1 Å². The number of nitrogens with one attached hydrogen (secondary N) is 1. The van der Waals surface area contributed by atoms with E-state index in [2.05, 4.69) is 15.3 Å². The van der Waals surface area contributed by atoms with E-state index in [0.717, 1.165) is 25.7 Å². The van der Waals surface area contributed by atoms with Crippen LogP contribution in [-0.2, 0) is 0 Å². The molecule has 0 saturated heterocycles. The van der Waals surface area contributed by atoms with Crippen LogP contribution in [0.1, 0.15) is 38.5 Å². The summed E-state index contributed by atoms with van der Waals surface area (Å²) in [5.74, 6) is 0.946. The molecule has 1 aliphatic rings. The van der Waals surface area contributed by atoms with Crippen LogP contribution in [0.3, 0.4) is 0 Å². The second-order valence-electron chi connectivity index (χ2n) is 5.04. The number of rotatable bonds is 4. The zero-order chi connectivity index (χ0) is 13.7. The third kappa shape index (κ3) is 3.70. The van der Waals surface area contributed by atoms with Crippen molar-refractivity contribution in [3.8, 4) is 5.75 Å². The number of aromatic nitrogens is 2. The van der Waals surface area contributed by atoms with E-state index in [-0.39, 0.29) is 5.15 Å². The molecule has 106 valence electrons. The van der Waals surface area contributed by atoms with Crippen LogP contribution in [0.25, 0.3) is 0 Å². The fraction of sp³-hybridized carbons (Fsp3) is 0.692. The third-order valence-corrected chi connectivity index (χ3v) is 3.85. The maximum atomic E-state index is 10.6. The first kappa shape index (κ1) is 14.3. The average Bonchev–Trinajstić information content (AvgIpc) is 2.62. The second-order valence-corrected chi connectivity index (χ2v) is 5.40. The van der Waals surface area contributed by atoms with Gasteiger partial charge in [0.15, 0.2) is 16.7 Å². The quantitative estimate of drug-likeness (QED) is 0.657. The standard InChI is InChI=1S/C13H20ClN3O2/c1-19-10-11(14)16-9-17-12(10)15-8-13(18)6-4-2-3-5-7-13/h9,18H,2-8H2,1H3,(H,15,16,17). The largest absolute Gasteiger partial charge is 0.490 e. The first-order chi connectivity index (χ1) is 9.14. The Hall–Kier alpha value is -1.07. The van der Waals surface area contributed by atoms with E-state index >= 15 is 0 Å². The number of hydrogen-bond donors (Lipinski definition) is 2. The summed E-state index contributed by atoms with van der Waals surface area (Å²) in [6.45, 7) is 0.455. The molecule has 1 aliphatic carbocycles. The van der Waals surface area contributed by atoms with Crippen molar-refractivity contribution >= 4 is 17.4 Å². The molecule has 1 heterocycles. The van der Waals surface area contributed by atoms with E-state index in [0.29, 0.717) is 18.1 Å². The van der Waals surface area contributed by atoms with Crippen molar-refractivity contribution in [2.24, 2.45) is 0 Å². The second kappa shape index (κ2) is 6.39. The van der Waals surface area contributed by atoms with E-state index in [1.165, 1.54) is 26.3 Å². The highest BCUT2D eigenvalue weighted by atomic mass is 35.5. The highest BCUT2D eigenvalue weighted by Crippen LogP contribution is 2.31. The zero-order valence-corrected chi connectivity index (χ0v) is 11.9. The highest BCUT2D eigenvalue weighted by Gasteiger charge is 2.28. The van der Waals surface area contributed by atoms with Crippen LogP contribution in [0.15, 0.2) is 6.33 Å². The van der Waals surface area contributed by atoms with E-state index in [1.807, 2.05) is 0 Å². The zero-order valence-electron chi connectivity index (χ0n) is 11.2. The number of ether oxygens (including phenoxy) is 1. The van der Waals surface area contributed by atoms with E-state index in [9.17, 15) is 5.11 Å². The minimum atomic E-state index is -0.668. The van der Waals surface area contributed by atoms with Gasteiger partial charge in [0.25, 0.3) is 0 Å². The summed E-state index contributed by atoms with van der Waals surface area (Å²) in [7, 11) is 1.52. The first-order valence-corrected chi connectivity index (χ1v) is 7.03. The number of anilines is 1. The van der Waals surface area contributed by atoms with Gasteiger partial charge in [-0.2, -0.15) is 0 Å². The predicted octanol–water partition coefficient (Wildman–Crippen LogP) is 2.64.